The monoisotopic (exact) mass is 427 g/mol. The molecule has 0 radical (unpaired) electrons. The van der Waals surface area contributed by atoms with Crippen LogP contribution in [0.15, 0.2) is 59.5 Å². The van der Waals surface area contributed by atoms with Gasteiger partial charge in [0.05, 0.1) is 16.5 Å². The second-order valence-corrected chi connectivity index (χ2v) is 10.1. The number of alkyl carbamates (subject to hydrolysis) is 1. The predicted octanol–water partition coefficient (Wildman–Crippen LogP) is 3.24. The van der Waals surface area contributed by atoms with Gasteiger partial charge in [0.15, 0.2) is 0 Å². The van der Waals surface area contributed by atoms with E-state index in [-0.39, 0.29) is 29.5 Å². The minimum atomic E-state index is -3.91. The summed E-state index contributed by atoms with van der Waals surface area (Å²) in [6, 6.07) is 17.1. The van der Waals surface area contributed by atoms with Gasteiger partial charge in [0.25, 0.3) is 0 Å². The third-order valence-corrected chi connectivity index (χ3v) is 6.73. The van der Waals surface area contributed by atoms with Crippen LogP contribution in [0, 0.1) is 11.3 Å². The first-order chi connectivity index (χ1) is 14.1. The van der Waals surface area contributed by atoms with Crippen LogP contribution in [0.1, 0.15) is 37.8 Å². The number of carbonyl (C=O) groups excluding carboxylic acids is 1. The molecule has 2 aromatic rings. The third-order valence-electron chi connectivity index (χ3n) is 4.84. The Morgan fingerprint density at radius 2 is 1.73 bits per heavy atom. The molecular weight excluding hydrogens is 402 g/mol. The van der Waals surface area contributed by atoms with Crippen molar-refractivity contribution in [3.05, 3.63) is 65.7 Å². The number of sulfonamides is 1. The highest BCUT2D eigenvalue weighted by atomic mass is 32.2. The van der Waals surface area contributed by atoms with E-state index in [1.165, 1.54) is 16.4 Å². The standard InChI is InChI=1S/C22H25N3O4S/c1-22(2,3)29-21(26)24-19-15-25(14-18(19)16-9-5-4-6-10-16)30(27,28)20-12-8-7-11-17(20)13-23/h4-12,18-19H,14-15H2,1-3H3,(H,24,26)/t18-,19+/m0/s1. The van der Waals surface area contributed by atoms with Crippen LogP contribution in [0.3, 0.4) is 0 Å². The molecule has 0 aliphatic carbocycles. The third kappa shape index (κ3) is 4.81. The summed E-state index contributed by atoms with van der Waals surface area (Å²) >= 11 is 0. The number of benzene rings is 2. The number of hydrogen-bond donors (Lipinski definition) is 1. The van der Waals surface area contributed by atoms with Crippen molar-refractivity contribution in [3.63, 3.8) is 0 Å². The molecule has 0 saturated carbocycles. The molecule has 3 rings (SSSR count). The molecule has 1 N–H and O–H groups in total. The fourth-order valence-electron chi connectivity index (χ4n) is 3.53. The lowest BCUT2D eigenvalue weighted by molar-refractivity contribution is 0.0503. The fraction of sp³-hybridized carbons (Fsp3) is 0.364. The number of rotatable bonds is 4. The fourth-order valence-corrected chi connectivity index (χ4v) is 5.16. The van der Waals surface area contributed by atoms with Gasteiger partial charge in [-0.15, -0.1) is 0 Å². The van der Waals surface area contributed by atoms with Gasteiger partial charge in [-0.1, -0.05) is 42.5 Å². The summed E-state index contributed by atoms with van der Waals surface area (Å²) in [6.45, 7) is 5.58. The van der Waals surface area contributed by atoms with Gasteiger partial charge in [-0.25, -0.2) is 13.2 Å². The number of hydrogen-bond acceptors (Lipinski definition) is 5. The maximum absolute atomic E-state index is 13.3. The smallest absolute Gasteiger partial charge is 0.407 e. The average molecular weight is 428 g/mol. The van der Waals surface area contributed by atoms with Crippen molar-refractivity contribution in [2.45, 2.75) is 43.2 Å². The Bertz CT molecular complexity index is 1060. The number of nitrogens with one attached hydrogen (secondary N) is 1. The molecule has 0 bridgehead atoms. The van der Waals surface area contributed by atoms with Gasteiger partial charge >= 0.3 is 6.09 Å². The molecule has 1 aliphatic heterocycles. The molecule has 0 unspecified atom stereocenters. The highest BCUT2D eigenvalue weighted by Crippen LogP contribution is 2.32. The van der Waals surface area contributed by atoms with E-state index in [0.717, 1.165) is 5.56 Å². The molecule has 1 amide bonds. The van der Waals surface area contributed by atoms with Gasteiger partial charge in [0.1, 0.15) is 11.7 Å². The van der Waals surface area contributed by atoms with Gasteiger partial charge < -0.3 is 10.1 Å². The van der Waals surface area contributed by atoms with E-state index in [0.29, 0.717) is 0 Å². The van der Waals surface area contributed by atoms with Crippen molar-refractivity contribution in [1.29, 1.82) is 5.26 Å². The molecule has 2 atom stereocenters. The molecule has 0 aromatic heterocycles. The normalized spacial score (nSPS) is 19.8. The molecule has 0 spiro atoms. The summed E-state index contributed by atoms with van der Waals surface area (Å²) in [4.78, 5) is 12.3. The minimum absolute atomic E-state index is 0.0303. The SMILES string of the molecule is CC(C)(C)OC(=O)N[C@@H]1CN(S(=O)(=O)c2ccccc2C#N)C[C@H]1c1ccccc1. The maximum atomic E-state index is 13.3. The average Bonchev–Trinajstić information content (AvgIpc) is 3.11. The number of nitriles is 1. The van der Waals surface area contributed by atoms with E-state index in [1.54, 1.807) is 32.9 Å². The van der Waals surface area contributed by atoms with Crippen molar-refractivity contribution in [2.24, 2.45) is 0 Å². The summed E-state index contributed by atoms with van der Waals surface area (Å²) < 4.78 is 33.3. The lowest BCUT2D eigenvalue weighted by atomic mass is 9.94. The molecule has 1 saturated heterocycles. The molecule has 1 heterocycles. The van der Waals surface area contributed by atoms with Gasteiger partial charge in [0, 0.05) is 19.0 Å². The van der Waals surface area contributed by atoms with Crippen LogP contribution in [0.25, 0.3) is 0 Å². The van der Waals surface area contributed by atoms with E-state index < -0.39 is 27.8 Å². The van der Waals surface area contributed by atoms with E-state index in [9.17, 15) is 18.5 Å². The number of nitrogens with zero attached hydrogens (tertiary/aromatic N) is 2. The van der Waals surface area contributed by atoms with Crippen molar-refractivity contribution in [2.75, 3.05) is 13.1 Å². The van der Waals surface area contributed by atoms with Crippen LogP contribution in [0.2, 0.25) is 0 Å². The highest BCUT2D eigenvalue weighted by Gasteiger charge is 2.42. The Kier molecular flexibility index (Phi) is 6.15. The zero-order valence-corrected chi connectivity index (χ0v) is 18.0. The van der Waals surface area contributed by atoms with E-state index in [4.69, 9.17) is 4.74 Å². The van der Waals surface area contributed by atoms with Gasteiger partial charge in [-0.2, -0.15) is 9.57 Å². The molecule has 7 nitrogen and oxygen atoms in total. The first-order valence-electron chi connectivity index (χ1n) is 9.65. The summed E-state index contributed by atoms with van der Waals surface area (Å²) in [6.07, 6.45) is -0.592. The maximum Gasteiger partial charge on any atom is 0.407 e. The van der Waals surface area contributed by atoms with E-state index in [2.05, 4.69) is 5.32 Å². The number of carbonyl (C=O) groups is 1. The summed E-state index contributed by atoms with van der Waals surface area (Å²) in [7, 11) is -3.91. The van der Waals surface area contributed by atoms with Crippen LogP contribution in [-0.4, -0.2) is 43.5 Å². The summed E-state index contributed by atoms with van der Waals surface area (Å²) in [5.74, 6) is -0.247. The lowest BCUT2D eigenvalue weighted by Crippen LogP contribution is -2.43. The van der Waals surface area contributed by atoms with Gasteiger partial charge in [0.2, 0.25) is 10.0 Å². The first-order valence-corrected chi connectivity index (χ1v) is 11.1. The Balaban J connectivity index is 1.91. The molecule has 1 fully saturated rings. The molecular formula is C22H25N3O4S. The number of ether oxygens (including phenoxy) is 1. The zero-order valence-electron chi connectivity index (χ0n) is 17.2. The van der Waals surface area contributed by atoms with Crippen LogP contribution in [0.5, 0.6) is 0 Å². The van der Waals surface area contributed by atoms with Crippen molar-refractivity contribution < 1.29 is 17.9 Å². The van der Waals surface area contributed by atoms with Crippen LogP contribution in [-0.2, 0) is 14.8 Å². The van der Waals surface area contributed by atoms with E-state index in [1.807, 2.05) is 36.4 Å². The lowest BCUT2D eigenvalue weighted by Gasteiger charge is -2.24. The quantitative estimate of drug-likeness (QED) is 0.807. The predicted molar refractivity (Wildman–Crippen MR) is 112 cm³/mol. The summed E-state index contributed by atoms with van der Waals surface area (Å²) in [5.41, 5.74) is 0.352. The largest absolute Gasteiger partial charge is 0.444 e. The van der Waals surface area contributed by atoms with Crippen molar-refractivity contribution in [3.8, 4) is 6.07 Å². The zero-order chi connectivity index (χ0) is 21.9. The Morgan fingerprint density at radius 1 is 1.10 bits per heavy atom. The topological polar surface area (TPSA) is 99.5 Å². The molecule has 1 aliphatic rings. The van der Waals surface area contributed by atoms with Crippen LogP contribution in [0.4, 0.5) is 4.79 Å². The molecule has 158 valence electrons. The van der Waals surface area contributed by atoms with Gasteiger partial charge in [-0.05, 0) is 38.5 Å². The second-order valence-electron chi connectivity index (χ2n) is 8.20. The first kappa shape index (κ1) is 21.8. The van der Waals surface area contributed by atoms with E-state index >= 15 is 0 Å². The molecule has 2 aromatic carbocycles. The molecule has 8 heteroatoms. The Labute approximate surface area is 177 Å². The minimum Gasteiger partial charge on any atom is -0.444 e. The highest BCUT2D eigenvalue weighted by molar-refractivity contribution is 7.89. The Morgan fingerprint density at radius 3 is 2.37 bits per heavy atom. The van der Waals surface area contributed by atoms with Gasteiger partial charge in [-0.3, -0.25) is 0 Å². The van der Waals surface area contributed by atoms with Crippen molar-refractivity contribution >= 4 is 16.1 Å². The van der Waals surface area contributed by atoms with Crippen LogP contribution < -0.4 is 5.32 Å². The van der Waals surface area contributed by atoms with Crippen LogP contribution >= 0.6 is 0 Å². The number of amides is 1. The molecule has 30 heavy (non-hydrogen) atoms. The van der Waals surface area contributed by atoms with Crippen molar-refractivity contribution in [1.82, 2.24) is 9.62 Å². The Hall–Kier alpha value is -2.89. The second kappa shape index (κ2) is 8.46. The summed E-state index contributed by atoms with van der Waals surface area (Å²) in [5, 5.41) is 12.2.